The first-order valence-electron chi connectivity index (χ1n) is 3.92. The highest BCUT2D eigenvalue weighted by molar-refractivity contribution is 9.09. The van der Waals surface area contributed by atoms with Gasteiger partial charge in [0.15, 0.2) is 0 Å². The zero-order valence-corrected chi connectivity index (χ0v) is 8.40. The Morgan fingerprint density at radius 3 is 2.77 bits per heavy atom. The average molecular weight is 242 g/mol. The van der Waals surface area contributed by atoms with Crippen LogP contribution >= 0.6 is 15.9 Å². The van der Waals surface area contributed by atoms with Crippen molar-refractivity contribution < 1.29 is 9.47 Å². The monoisotopic (exact) mass is 241 g/mol. The van der Waals surface area contributed by atoms with E-state index in [1.165, 1.54) is 0 Å². The summed E-state index contributed by atoms with van der Waals surface area (Å²) in [4.78, 5) is 4.09. The molecule has 0 amide bonds. The van der Waals surface area contributed by atoms with Crippen LogP contribution in [0.1, 0.15) is 0 Å². The van der Waals surface area contributed by atoms with E-state index in [4.69, 9.17) is 9.47 Å². The van der Waals surface area contributed by atoms with Crippen LogP contribution in [0.5, 0.6) is 5.75 Å². The first-order valence-corrected chi connectivity index (χ1v) is 4.84. The second kappa shape index (κ2) is 3.79. The lowest BCUT2D eigenvalue weighted by atomic mass is 10.3. The topological polar surface area (TPSA) is 30.8 Å². The Morgan fingerprint density at radius 2 is 2.15 bits per heavy atom. The van der Waals surface area contributed by atoms with Gasteiger partial charge in [0.2, 0.25) is 0 Å². The lowest BCUT2D eigenvalue weighted by Gasteiger charge is -2.02. The number of nitrogens with zero attached hydrogens (tertiary/aromatic N) is 1. The fourth-order valence-corrected chi connectivity index (χ4v) is 1.27. The molecule has 0 aromatic heterocycles. The van der Waals surface area contributed by atoms with Gasteiger partial charge >= 0.3 is 6.08 Å². The predicted molar refractivity (Wildman–Crippen MR) is 53.2 cm³/mol. The molecule has 1 aromatic carbocycles. The first-order chi connectivity index (χ1) is 6.34. The number of ether oxygens (including phenoxy) is 2. The van der Waals surface area contributed by atoms with Crippen LogP contribution in [-0.4, -0.2) is 17.6 Å². The zero-order chi connectivity index (χ0) is 9.10. The van der Waals surface area contributed by atoms with Gasteiger partial charge < -0.3 is 9.47 Å². The standard InChI is InChI=1S/C9H8BrNO2/c10-8-6-12-9(11-8)13-7-4-2-1-3-5-7/h1-5,8H,6H2. The van der Waals surface area contributed by atoms with Crippen LogP contribution < -0.4 is 4.74 Å². The summed E-state index contributed by atoms with van der Waals surface area (Å²) >= 11 is 3.30. The van der Waals surface area contributed by atoms with Crippen LogP contribution in [0.15, 0.2) is 35.3 Å². The number of aliphatic imine (C=N–C) groups is 1. The number of benzene rings is 1. The third-order valence-electron chi connectivity index (χ3n) is 1.54. The molecular formula is C9H8BrNO2. The van der Waals surface area contributed by atoms with Crippen molar-refractivity contribution in [3.8, 4) is 5.75 Å². The van der Waals surface area contributed by atoms with E-state index in [-0.39, 0.29) is 4.95 Å². The molecule has 3 nitrogen and oxygen atoms in total. The highest BCUT2D eigenvalue weighted by Crippen LogP contribution is 2.15. The van der Waals surface area contributed by atoms with E-state index < -0.39 is 0 Å². The molecule has 13 heavy (non-hydrogen) atoms. The highest BCUT2D eigenvalue weighted by atomic mass is 79.9. The van der Waals surface area contributed by atoms with Gasteiger partial charge in [-0.3, -0.25) is 0 Å². The van der Waals surface area contributed by atoms with Crippen LogP contribution in [-0.2, 0) is 4.74 Å². The van der Waals surface area contributed by atoms with Crippen LogP contribution in [0.2, 0.25) is 0 Å². The fourth-order valence-electron chi connectivity index (χ4n) is 0.974. The number of hydrogen-bond donors (Lipinski definition) is 0. The van der Waals surface area contributed by atoms with Gasteiger partial charge in [-0.05, 0) is 12.1 Å². The Hall–Kier alpha value is -1.03. The van der Waals surface area contributed by atoms with Crippen molar-refractivity contribution in [3.05, 3.63) is 30.3 Å². The smallest absolute Gasteiger partial charge is 0.390 e. The Labute approximate surface area is 84.5 Å². The molecule has 0 fully saturated rings. The average Bonchev–Trinajstić information content (AvgIpc) is 2.53. The summed E-state index contributed by atoms with van der Waals surface area (Å²) < 4.78 is 10.5. The van der Waals surface area contributed by atoms with Crippen LogP contribution in [0.25, 0.3) is 0 Å². The molecule has 4 heteroatoms. The maximum atomic E-state index is 5.34. The number of rotatable bonds is 1. The summed E-state index contributed by atoms with van der Waals surface area (Å²) in [6.07, 6.45) is 0.327. The lowest BCUT2D eigenvalue weighted by molar-refractivity contribution is 0.271. The van der Waals surface area contributed by atoms with Crippen molar-refractivity contribution >= 4 is 22.0 Å². The maximum absolute atomic E-state index is 5.34. The molecule has 0 spiro atoms. The quantitative estimate of drug-likeness (QED) is 0.558. The molecule has 1 heterocycles. The normalized spacial score (nSPS) is 20.7. The zero-order valence-electron chi connectivity index (χ0n) is 6.81. The molecule has 0 N–H and O–H groups in total. The maximum Gasteiger partial charge on any atom is 0.390 e. The van der Waals surface area contributed by atoms with E-state index >= 15 is 0 Å². The van der Waals surface area contributed by atoms with Gasteiger partial charge in [-0.1, -0.05) is 34.1 Å². The van der Waals surface area contributed by atoms with Gasteiger partial charge in [0, 0.05) is 0 Å². The summed E-state index contributed by atoms with van der Waals surface area (Å²) in [5.74, 6) is 0.739. The summed E-state index contributed by atoms with van der Waals surface area (Å²) in [6.45, 7) is 0.530. The molecule has 1 aliphatic rings. The minimum Gasteiger partial charge on any atom is -0.447 e. The van der Waals surface area contributed by atoms with Gasteiger partial charge in [0.1, 0.15) is 17.3 Å². The number of alkyl halides is 1. The largest absolute Gasteiger partial charge is 0.447 e. The molecule has 1 unspecified atom stereocenters. The molecule has 0 radical (unpaired) electrons. The summed E-state index contributed by atoms with van der Waals surface area (Å²) in [5, 5.41) is 0. The molecule has 1 aromatic rings. The SMILES string of the molecule is BrC1COC(Oc2ccccc2)=N1. The van der Waals surface area contributed by atoms with Gasteiger partial charge in [0.25, 0.3) is 0 Å². The Morgan fingerprint density at radius 1 is 1.38 bits per heavy atom. The van der Waals surface area contributed by atoms with Crippen molar-refractivity contribution in [3.63, 3.8) is 0 Å². The van der Waals surface area contributed by atoms with Gasteiger partial charge in [0.05, 0.1) is 0 Å². The second-order valence-electron chi connectivity index (χ2n) is 2.56. The van der Waals surface area contributed by atoms with Crippen LogP contribution in [0.3, 0.4) is 0 Å². The van der Waals surface area contributed by atoms with E-state index in [1.54, 1.807) is 0 Å². The highest BCUT2D eigenvalue weighted by Gasteiger charge is 2.17. The minimum absolute atomic E-state index is 0.0196. The Balaban J connectivity index is 2.03. The van der Waals surface area contributed by atoms with Crippen LogP contribution in [0.4, 0.5) is 0 Å². The van der Waals surface area contributed by atoms with Crippen molar-refractivity contribution in [2.45, 2.75) is 4.95 Å². The molecular weight excluding hydrogens is 234 g/mol. The van der Waals surface area contributed by atoms with E-state index in [0.717, 1.165) is 5.75 Å². The molecule has 1 aliphatic heterocycles. The van der Waals surface area contributed by atoms with E-state index in [2.05, 4.69) is 20.9 Å². The first kappa shape index (κ1) is 8.56. The lowest BCUT2D eigenvalue weighted by Crippen LogP contribution is -2.07. The number of halogens is 1. The molecule has 0 bridgehead atoms. The second-order valence-corrected chi connectivity index (χ2v) is 3.61. The Bertz CT molecular complexity index is 313. The fraction of sp³-hybridized carbons (Fsp3) is 0.222. The molecule has 0 saturated carbocycles. The van der Waals surface area contributed by atoms with Crippen molar-refractivity contribution in [1.29, 1.82) is 0 Å². The summed E-state index contributed by atoms with van der Waals surface area (Å²) in [5.41, 5.74) is 0. The molecule has 0 aliphatic carbocycles. The van der Waals surface area contributed by atoms with Gasteiger partial charge in [-0.2, -0.15) is 4.99 Å². The molecule has 68 valence electrons. The molecule has 0 saturated heterocycles. The van der Waals surface area contributed by atoms with Crippen molar-refractivity contribution in [2.24, 2.45) is 4.99 Å². The van der Waals surface area contributed by atoms with Gasteiger partial charge in [-0.25, -0.2) is 0 Å². The third-order valence-corrected chi connectivity index (χ3v) is 2.01. The van der Waals surface area contributed by atoms with E-state index in [0.29, 0.717) is 12.7 Å². The Kier molecular flexibility index (Phi) is 2.49. The number of hydrogen-bond acceptors (Lipinski definition) is 3. The molecule has 1 atom stereocenters. The van der Waals surface area contributed by atoms with Gasteiger partial charge in [-0.15, -0.1) is 0 Å². The molecule has 2 rings (SSSR count). The van der Waals surface area contributed by atoms with E-state index in [1.807, 2.05) is 30.3 Å². The third kappa shape index (κ3) is 2.21. The summed E-state index contributed by atoms with van der Waals surface area (Å²) in [7, 11) is 0. The predicted octanol–water partition coefficient (Wildman–Crippen LogP) is 2.17. The number of para-hydroxylation sites is 1. The van der Waals surface area contributed by atoms with Crippen LogP contribution in [0, 0.1) is 0 Å². The van der Waals surface area contributed by atoms with E-state index in [9.17, 15) is 0 Å². The van der Waals surface area contributed by atoms with Crippen molar-refractivity contribution in [2.75, 3.05) is 6.61 Å². The minimum atomic E-state index is 0.0196. The summed E-state index contributed by atoms with van der Waals surface area (Å²) in [6, 6.07) is 9.44. The van der Waals surface area contributed by atoms with Crippen molar-refractivity contribution in [1.82, 2.24) is 0 Å².